The van der Waals surface area contributed by atoms with Crippen LogP contribution in [0.5, 0.6) is 0 Å². The third-order valence-electron chi connectivity index (χ3n) is 3.37. The minimum atomic E-state index is -0.367. The van der Waals surface area contributed by atoms with E-state index in [1.807, 2.05) is 54.6 Å². The van der Waals surface area contributed by atoms with E-state index in [4.69, 9.17) is 0 Å². The molecule has 1 amide bonds. The summed E-state index contributed by atoms with van der Waals surface area (Å²) < 4.78 is 3.36. The van der Waals surface area contributed by atoms with E-state index in [-0.39, 0.29) is 5.91 Å². The highest BCUT2D eigenvalue weighted by molar-refractivity contribution is 9.10. The van der Waals surface area contributed by atoms with Crippen LogP contribution in [0, 0.1) is 0 Å². The van der Waals surface area contributed by atoms with Crippen LogP contribution < -0.4 is 5.43 Å². The fraction of sp³-hybridized carbons (Fsp3) is 0.0556. The van der Waals surface area contributed by atoms with Crippen molar-refractivity contribution in [2.45, 2.75) is 6.54 Å². The quantitative estimate of drug-likeness (QED) is 0.456. The highest BCUT2D eigenvalue weighted by Crippen LogP contribution is 2.17. The molecule has 1 aromatic heterocycles. The van der Waals surface area contributed by atoms with Crippen molar-refractivity contribution in [3.05, 3.63) is 86.6 Å². The standard InChI is InChI=1S/C18H14Br2N4O/c19-15-8-6-14(7-9-15)11-24-12-16(20)17(23-24)18(25)22-21-10-13-4-2-1-3-5-13/h1-10,12H,11H2,(H,22,25). The molecule has 25 heavy (non-hydrogen) atoms. The predicted molar refractivity (Wildman–Crippen MR) is 105 cm³/mol. The van der Waals surface area contributed by atoms with Gasteiger partial charge in [0.1, 0.15) is 0 Å². The van der Waals surface area contributed by atoms with Gasteiger partial charge in [-0.3, -0.25) is 9.48 Å². The molecule has 1 heterocycles. The highest BCUT2D eigenvalue weighted by Gasteiger charge is 2.14. The fourth-order valence-corrected chi connectivity index (χ4v) is 2.93. The highest BCUT2D eigenvalue weighted by atomic mass is 79.9. The molecule has 5 nitrogen and oxygen atoms in total. The Morgan fingerprint density at radius 3 is 2.56 bits per heavy atom. The number of hydrogen-bond donors (Lipinski definition) is 1. The Hall–Kier alpha value is -2.25. The average Bonchev–Trinajstić information content (AvgIpc) is 2.98. The van der Waals surface area contributed by atoms with Crippen molar-refractivity contribution in [1.82, 2.24) is 15.2 Å². The number of carbonyl (C=O) groups is 1. The van der Waals surface area contributed by atoms with E-state index < -0.39 is 0 Å². The molecule has 3 aromatic rings. The minimum Gasteiger partial charge on any atom is -0.266 e. The second-order valence-corrected chi connectivity index (χ2v) is 7.03. The van der Waals surface area contributed by atoms with Gasteiger partial charge in [0.15, 0.2) is 5.69 Å². The second-order valence-electron chi connectivity index (χ2n) is 5.26. The normalized spacial score (nSPS) is 11.0. The molecular formula is C18H14Br2N4O. The molecular weight excluding hydrogens is 448 g/mol. The van der Waals surface area contributed by atoms with E-state index in [0.29, 0.717) is 16.7 Å². The van der Waals surface area contributed by atoms with Gasteiger partial charge in [0.25, 0.3) is 5.91 Å². The predicted octanol–water partition coefficient (Wildman–Crippen LogP) is 4.22. The number of rotatable bonds is 5. The van der Waals surface area contributed by atoms with E-state index >= 15 is 0 Å². The molecule has 0 saturated carbocycles. The van der Waals surface area contributed by atoms with Gasteiger partial charge in [0.2, 0.25) is 0 Å². The van der Waals surface area contributed by atoms with Gasteiger partial charge in [-0.1, -0.05) is 58.4 Å². The van der Waals surface area contributed by atoms with Crippen molar-refractivity contribution in [3.63, 3.8) is 0 Å². The molecule has 0 atom stereocenters. The van der Waals surface area contributed by atoms with E-state index in [9.17, 15) is 4.79 Å². The van der Waals surface area contributed by atoms with E-state index in [1.54, 1.807) is 17.1 Å². The summed E-state index contributed by atoms with van der Waals surface area (Å²) in [6, 6.07) is 17.5. The van der Waals surface area contributed by atoms with E-state index in [0.717, 1.165) is 15.6 Å². The van der Waals surface area contributed by atoms with Gasteiger partial charge in [0, 0.05) is 10.7 Å². The lowest BCUT2D eigenvalue weighted by atomic mass is 10.2. The summed E-state index contributed by atoms with van der Waals surface area (Å²) in [5.41, 5.74) is 4.78. The molecule has 3 rings (SSSR count). The molecule has 0 radical (unpaired) electrons. The third-order valence-corrected chi connectivity index (χ3v) is 4.48. The summed E-state index contributed by atoms with van der Waals surface area (Å²) in [6.07, 6.45) is 3.36. The molecule has 0 fully saturated rings. The van der Waals surface area contributed by atoms with Gasteiger partial charge in [-0.05, 0) is 39.2 Å². The van der Waals surface area contributed by atoms with Crippen LogP contribution in [0.1, 0.15) is 21.6 Å². The molecule has 0 aliphatic heterocycles. The lowest BCUT2D eigenvalue weighted by Gasteiger charge is -2.02. The maximum absolute atomic E-state index is 12.2. The molecule has 0 saturated heterocycles. The number of nitrogens with zero attached hydrogens (tertiary/aromatic N) is 3. The van der Waals surface area contributed by atoms with Crippen LogP contribution in [0.2, 0.25) is 0 Å². The first-order chi connectivity index (χ1) is 12.1. The Morgan fingerprint density at radius 1 is 1.12 bits per heavy atom. The fourth-order valence-electron chi connectivity index (χ4n) is 2.17. The molecule has 2 aromatic carbocycles. The lowest BCUT2D eigenvalue weighted by Crippen LogP contribution is -2.19. The first kappa shape index (κ1) is 17.6. The molecule has 1 N–H and O–H groups in total. The monoisotopic (exact) mass is 460 g/mol. The van der Waals surface area contributed by atoms with Crippen molar-refractivity contribution in [2.24, 2.45) is 5.10 Å². The zero-order valence-corrected chi connectivity index (χ0v) is 16.2. The zero-order chi connectivity index (χ0) is 17.6. The molecule has 0 bridgehead atoms. The number of aromatic nitrogens is 2. The Morgan fingerprint density at radius 2 is 1.84 bits per heavy atom. The van der Waals surface area contributed by atoms with Crippen LogP contribution >= 0.6 is 31.9 Å². The Labute approximate surface area is 162 Å². The van der Waals surface area contributed by atoms with Crippen LogP contribution in [-0.4, -0.2) is 21.9 Å². The van der Waals surface area contributed by atoms with Crippen LogP contribution in [0.25, 0.3) is 0 Å². The van der Waals surface area contributed by atoms with Crippen LogP contribution in [-0.2, 0) is 6.54 Å². The summed E-state index contributed by atoms with van der Waals surface area (Å²) in [7, 11) is 0. The Kier molecular flexibility index (Phi) is 5.78. The number of nitrogens with one attached hydrogen (secondary N) is 1. The van der Waals surface area contributed by atoms with Gasteiger partial charge in [0.05, 0.1) is 17.2 Å². The summed E-state index contributed by atoms with van der Waals surface area (Å²) >= 11 is 6.79. The van der Waals surface area contributed by atoms with E-state index in [1.165, 1.54) is 0 Å². The van der Waals surface area contributed by atoms with Crippen LogP contribution in [0.15, 0.2) is 74.8 Å². The largest absolute Gasteiger partial charge is 0.293 e. The first-order valence-electron chi connectivity index (χ1n) is 7.47. The summed E-state index contributed by atoms with van der Waals surface area (Å²) in [5, 5.41) is 8.29. The maximum Gasteiger partial charge on any atom is 0.293 e. The third kappa shape index (κ3) is 4.87. The number of halogens is 2. The number of hydrogen-bond acceptors (Lipinski definition) is 3. The van der Waals surface area contributed by atoms with Crippen molar-refractivity contribution in [1.29, 1.82) is 0 Å². The number of hydrazone groups is 1. The number of amides is 1. The van der Waals surface area contributed by atoms with Crippen molar-refractivity contribution in [2.75, 3.05) is 0 Å². The molecule has 7 heteroatoms. The topological polar surface area (TPSA) is 59.3 Å². The van der Waals surface area contributed by atoms with Gasteiger partial charge in [-0.25, -0.2) is 5.43 Å². The first-order valence-corrected chi connectivity index (χ1v) is 9.06. The Bertz CT molecular complexity index is 889. The molecule has 0 aliphatic rings. The zero-order valence-electron chi connectivity index (χ0n) is 13.1. The van der Waals surface area contributed by atoms with Gasteiger partial charge < -0.3 is 0 Å². The summed E-state index contributed by atoms with van der Waals surface area (Å²) in [4.78, 5) is 12.2. The van der Waals surface area contributed by atoms with Gasteiger partial charge in [-0.2, -0.15) is 10.2 Å². The SMILES string of the molecule is O=C(NN=Cc1ccccc1)c1nn(Cc2ccc(Br)cc2)cc1Br. The van der Waals surface area contributed by atoms with Crippen molar-refractivity contribution < 1.29 is 4.79 Å². The molecule has 126 valence electrons. The minimum absolute atomic E-state index is 0.294. The number of benzene rings is 2. The molecule has 0 spiro atoms. The average molecular weight is 462 g/mol. The lowest BCUT2D eigenvalue weighted by molar-refractivity contribution is 0.0948. The van der Waals surface area contributed by atoms with Crippen LogP contribution in [0.4, 0.5) is 0 Å². The smallest absolute Gasteiger partial charge is 0.266 e. The molecule has 0 aliphatic carbocycles. The summed E-state index contributed by atoms with van der Waals surface area (Å²) in [6.45, 7) is 0.576. The second kappa shape index (κ2) is 8.22. The van der Waals surface area contributed by atoms with Gasteiger partial charge >= 0.3 is 0 Å². The molecule has 0 unspecified atom stereocenters. The van der Waals surface area contributed by atoms with Gasteiger partial charge in [-0.15, -0.1) is 0 Å². The van der Waals surface area contributed by atoms with Crippen LogP contribution in [0.3, 0.4) is 0 Å². The summed E-state index contributed by atoms with van der Waals surface area (Å²) in [5.74, 6) is -0.367. The Balaban J connectivity index is 1.66. The number of carbonyl (C=O) groups excluding carboxylic acids is 1. The van der Waals surface area contributed by atoms with E-state index in [2.05, 4.69) is 47.5 Å². The van der Waals surface area contributed by atoms with Crippen molar-refractivity contribution in [3.8, 4) is 0 Å². The maximum atomic E-state index is 12.2. The van der Waals surface area contributed by atoms with Crippen molar-refractivity contribution >= 4 is 44.0 Å².